The van der Waals surface area contributed by atoms with Gasteiger partial charge in [0.15, 0.2) is 0 Å². The summed E-state index contributed by atoms with van der Waals surface area (Å²) in [6.45, 7) is 5.75. The summed E-state index contributed by atoms with van der Waals surface area (Å²) >= 11 is 0. The molecule has 0 spiro atoms. The van der Waals surface area contributed by atoms with Gasteiger partial charge >= 0.3 is 0 Å². The van der Waals surface area contributed by atoms with Crippen molar-refractivity contribution in [2.24, 2.45) is 0 Å². The molecule has 0 amide bonds. The molecule has 0 fully saturated rings. The van der Waals surface area contributed by atoms with E-state index in [1.165, 1.54) is 0 Å². The highest BCUT2D eigenvalue weighted by Gasteiger charge is 1.99. The number of nitrogens with zero attached hydrogens (tertiary/aromatic N) is 2. The molecule has 0 saturated heterocycles. The molecule has 12 heavy (non-hydrogen) atoms. The lowest BCUT2D eigenvalue weighted by atomic mass is 10.2. The molecule has 0 aliphatic rings. The topological polar surface area (TPSA) is 63.8 Å². The van der Waals surface area contributed by atoms with Crippen LogP contribution in [0.15, 0.2) is 6.20 Å². The van der Waals surface area contributed by atoms with Gasteiger partial charge in [0.1, 0.15) is 0 Å². The first kappa shape index (κ1) is 8.93. The molecule has 1 aromatic heterocycles. The Bertz CT molecular complexity index is 259. The van der Waals surface area contributed by atoms with E-state index in [9.17, 15) is 0 Å². The molecule has 1 rings (SSSR count). The summed E-state index contributed by atoms with van der Waals surface area (Å²) in [6.07, 6.45) is 1.76. The quantitative estimate of drug-likeness (QED) is 0.685. The summed E-state index contributed by atoms with van der Waals surface area (Å²) < 4.78 is 0. The molecule has 0 saturated carbocycles. The second kappa shape index (κ2) is 4.01. The fraction of sp³-hybridized carbons (Fsp3) is 0.500. The van der Waals surface area contributed by atoms with Gasteiger partial charge in [-0.05, 0) is 13.5 Å². The highest BCUT2D eigenvalue weighted by Crippen LogP contribution is 2.03. The van der Waals surface area contributed by atoms with Crippen molar-refractivity contribution in [3.05, 3.63) is 17.5 Å². The van der Waals surface area contributed by atoms with E-state index < -0.39 is 0 Å². The van der Waals surface area contributed by atoms with Crippen LogP contribution < -0.4 is 11.1 Å². The number of nitrogens with one attached hydrogen (secondary N) is 1. The van der Waals surface area contributed by atoms with Gasteiger partial charge in [-0.25, -0.2) is 9.97 Å². The molecule has 0 aliphatic heterocycles. The lowest BCUT2D eigenvalue weighted by Crippen LogP contribution is -2.14. The van der Waals surface area contributed by atoms with Crippen LogP contribution in [-0.4, -0.2) is 16.5 Å². The van der Waals surface area contributed by atoms with Gasteiger partial charge in [-0.1, -0.05) is 6.92 Å². The number of hydrogen-bond donors (Lipinski definition) is 2. The Hall–Kier alpha value is -1.16. The smallest absolute Gasteiger partial charge is 0.220 e. The maximum Gasteiger partial charge on any atom is 0.220 e. The van der Waals surface area contributed by atoms with Crippen LogP contribution in [0, 0.1) is 6.92 Å². The lowest BCUT2D eigenvalue weighted by molar-refractivity contribution is 0.716. The van der Waals surface area contributed by atoms with E-state index in [0.717, 1.165) is 24.3 Å². The first-order valence-electron chi connectivity index (χ1n) is 4.02. The van der Waals surface area contributed by atoms with Crippen LogP contribution >= 0.6 is 0 Å². The van der Waals surface area contributed by atoms with Gasteiger partial charge in [0.2, 0.25) is 5.95 Å². The highest BCUT2D eigenvalue weighted by atomic mass is 15.0. The van der Waals surface area contributed by atoms with Gasteiger partial charge < -0.3 is 11.1 Å². The highest BCUT2D eigenvalue weighted by molar-refractivity contribution is 5.23. The zero-order chi connectivity index (χ0) is 8.97. The van der Waals surface area contributed by atoms with Crippen LogP contribution in [0.4, 0.5) is 5.95 Å². The third-order valence-corrected chi connectivity index (χ3v) is 1.67. The largest absolute Gasteiger partial charge is 0.368 e. The van der Waals surface area contributed by atoms with Crippen molar-refractivity contribution < 1.29 is 0 Å². The molecule has 3 N–H and O–H groups in total. The van der Waals surface area contributed by atoms with E-state index in [2.05, 4.69) is 22.2 Å². The minimum Gasteiger partial charge on any atom is -0.368 e. The summed E-state index contributed by atoms with van der Waals surface area (Å²) in [6, 6.07) is 0. The zero-order valence-electron chi connectivity index (χ0n) is 7.46. The molecular weight excluding hydrogens is 152 g/mol. The monoisotopic (exact) mass is 166 g/mol. The van der Waals surface area contributed by atoms with Crippen LogP contribution in [-0.2, 0) is 6.54 Å². The average Bonchev–Trinajstić information content (AvgIpc) is 2.03. The first-order valence-corrected chi connectivity index (χ1v) is 4.02. The Balaban J connectivity index is 2.72. The predicted molar refractivity (Wildman–Crippen MR) is 48.6 cm³/mol. The summed E-state index contributed by atoms with van der Waals surface area (Å²) in [5, 5.41) is 3.20. The minimum atomic E-state index is 0.341. The van der Waals surface area contributed by atoms with Gasteiger partial charge in [-0.2, -0.15) is 0 Å². The molecule has 0 unspecified atom stereocenters. The van der Waals surface area contributed by atoms with Crippen molar-refractivity contribution in [3.63, 3.8) is 0 Å². The fourth-order valence-corrected chi connectivity index (χ4v) is 0.943. The standard InChI is InChI=1S/C8H14N4/c1-3-10-4-7-5-11-8(9)12-6(7)2/h5,10H,3-4H2,1-2H3,(H2,9,11,12). The lowest BCUT2D eigenvalue weighted by Gasteiger charge is -2.04. The maximum atomic E-state index is 5.41. The SMILES string of the molecule is CCNCc1cnc(N)nc1C. The Morgan fingerprint density at radius 3 is 2.92 bits per heavy atom. The van der Waals surface area contributed by atoms with Crippen LogP contribution in [0.2, 0.25) is 0 Å². The number of anilines is 1. The Kier molecular flexibility index (Phi) is 2.99. The minimum absolute atomic E-state index is 0.341. The van der Waals surface area contributed by atoms with E-state index >= 15 is 0 Å². The average molecular weight is 166 g/mol. The third kappa shape index (κ3) is 2.17. The first-order chi connectivity index (χ1) is 5.74. The third-order valence-electron chi connectivity index (χ3n) is 1.67. The zero-order valence-corrected chi connectivity index (χ0v) is 7.46. The van der Waals surface area contributed by atoms with Crippen molar-refractivity contribution >= 4 is 5.95 Å². The van der Waals surface area contributed by atoms with Crippen molar-refractivity contribution in [3.8, 4) is 0 Å². The van der Waals surface area contributed by atoms with Crippen LogP contribution in [0.25, 0.3) is 0 Å². The van der Waals surface area contributed by atoms with Crippen molar-refractivity contribution in [2.45, 2.75) is 20.4 Å². The van der Waals surface area contributed by atoms with E-state index in [0.29, 0.717) is 5.95 Å². The molecule has 1 heterocycles. The van der Waals surface area contributed by atoms with Crippen molar-refractivity contribution in [1.82, 2.24) is 15.3 Å². The Morgan fingerprint density at radius 1 is 1.58 bits per heavy atom. The summed E-state index contributed by atoms with van der Waals surface area (Å²) in [5.41, 5.74) is 7.46. The van der Waals surface area contributed by atoms with Crippen LogP contribution in [0.3, 0.4) is 0 Å². The Labute approximate surface area is 72.2 Å². The predicted octanol–water partition coefficient (Wildman–Crippen LogP) is 0.477. The number of rotatable bonds is 3. The van der Waals surface area contributed by atoms with Crippen LogP contribution in [0.1, 0.15) is 18.2 Å². The molecule has 0 aliphatic carbocycles. The number of nitrogen functional groups attached to an aromatic ring is 1. The van der Waals surface area contributed by atoms with Gasteiger partial charge in [-0.3, -0.25) is 0 Å². The van der Waals surface area contributed by atoms with Crippen LogP contribution in [0.5, 0.6) is 0 Å². The number of aryl methyl sites for hydroxylation is 1. The number of aromatic nitrogens is 2. The van der Waals surface area contributed by atoms with Crippen molar-refractivity contribution in [1.29, 1.82) is 0 Å². The molecule has 4 heteroatoms. The number of hydrogen-bond acceptors (Lipinski definition) is 4. The molecule has 66 valence electrons. The molecule has 0 aromatic carbocycles. The second-order valence-electron chi connectivity index (χ2n) is 2.62. The number of nitrogens with two attached hydrogens (primary N) is 1. The van der Waals surface area contributed by atoms with Gasteiger partial charge in [0, 0.05) is 24.0 Å². The molecular formula is C8H14N4. The molecule has 0 atom stereocenters. The van der Waals surface area contributed by atoms with Gasteiger partial charge in [0.25, 0.3) is 0 Å². The molecule has 1 aromatic rings. The normalized spacial score (nSPS) is 10.2. The molecule has 0 bridgehead atoms. The van der Waals surface area contributed by atoms with Gasteiger partial charge in [0.05, 0.1) is 0 Å². The van der Waals surface area contributed by atoms with E-state index in [-0.39, 0.29) is 0 Å². The summed E-state index contributed by atoms with van der Waals surface area (Å²) in [4.78, 5) is 7.97. The second-order valence-corrected chi connectivity index (χ2v) is 2.62. The van der Waals surface area contributed by atoms with Gasteiger partial charge in [-0.15, -0.1) is 0 Å². The molecule has 0 radical (unpaired) electrons. The van der Waals surface area contributed by atoms with E-state index in [4.69, 9.17) is 5.73 Å². The van der Waals surface area contributed by atoms with E-state index in [1.54, 1.807) is 6.20 Å². The summed E-state index contributed by atoms with van der Waals surface area (Å²) in [7, 11) is 0. The Morgan fingerprint density at radius 2 is 2.33 bits per heavy atom. The van der Waals surface area contributed by atoms with Crippen molar-refractivity contribution in [2.75, 3.05) is 12.3 Å². The maximum absolute atomic E-state index is 5.41. The molecule has 4 nitrogen and oxygen atoms in total. The fourth-order valence-electron chi connectivity index (χ4n) is 0.943. The van der Waals surface area contributed by atoms with E-state index in [1.807, 2.05) is 6.92 Å². The summed E-state index contributed by atoms with van der Waals surface area (Å²) in [5.74, 6) is 0.341.